The summed E-state index contributed by atoms with van der Waals surface area (Å²) in [5.74, 6) is -1.64. The van der Waals surface area contributed by atoms with Crippen molar-refractivity contribution in [2.45, 2.75) is 32.4 Å². The van der Waals surface area contributed by atoms with Crippen LogP contribution in [-0.4, -0.2) is 17.4 Å². The fraction of sp³-hybridized carbons (Fsp3) is 0.300. The molecule has 4 N–H and O–H groups in total. The Morgan fingerprint density at radius 3 is 2.24 bits per heavy atom. The van der Waals surface area contributed by atoms with Gasteiger partial charge in [-0.05, 0) is 29.0 Å². The van der Waals surface area contributed by atoms with Crippen LogP contribution in [0.25, 0.3) is 11.1 Å². The molecule has 0 bridgehead atoms. The smallest absolute Gasteiger partial charge is 0.336 e. The zero-order chi connectivity index (χ0) is 18.4. The van der Waals surface area contributed by atoms with E-state index in [-0.39, 0.29) is 18.9 Å². The van der Waals surface area contributed by atoms with Gasteiger partial charge in [0, 0.05) is 0 Å². The van der Waals surface area contributed by atoms with Crippen molar-refractivity contribution in [3.8, 4) is 11.1 Å². The highest BCUT2D eigenvalue weighted by Crippen LogP contribution is 2.25. The number of carbonyl (C=O) groups excluding carboxylic acids is 2. The molecule has 0 saturated heterocycles. The van der Waals surface area contributed by atoms with Crippen molar-refractivity contribution in [3.05, 3.63) is 60.2 Å². The Kier molecular flexibility index (Phi) is 5.93. The van der Waals surface area contributed by atoms with E-state index in [1.54, 1.807) is 0 Å². The standard InChI is InChI=1S/C20H24N2O3/c1-14(2)12-20(22,18(21)23)19(24)25-13-16-10-6-7-11-17(16)15-8-4-3-5-9-15/h3-11,14H,12-13,22H2,1-2H3,(H2,21,23). The largest absolute Gasteiger partial charge is 0.459 e. The van der Waals surface area contributed by atoms with Crippen LogP contribution in [0.4, 0.5) is 0 Å². The van der Waals surface area contributed by atoms with Crippen molar-refractivity contribution in [1.29, 1.82) is 0 Å². The van der Waals surface area contributed by atoms with E-state index < -0.39 is 17.4 Å². The second-order valence-corrected chi connectivity index (χ2v) is 6.53. The molecule has 2 rings (SSSR count). The second kappa shape index (κ2) is 7.94. The van der Waals surface area contributed by atoms with E-state index in [1.807, 2.05) is 68.4 Å². The molecule has 2 aromatic rings. The third kappa shape index (κ3) is 4.45. The molecule has 0 aliphatic carbocycles. The van der Waals surface area contributed by atoms with E-state index in [4.69, 9.17) is 16.2 Å². The Labute approximate surface area is 148 Å². The van der Waals surface area contributed by atoms with E-state index >= 15 is 0 Å². The molecule has 0 saturated carbocycles. The predicted octanol–water partition coefficient (Wildman–Crippen LogP) is 2.63. The van der Waals surface area contributed by atoms with Gasteiger partial charge in [0.2, 0.25) is 5.91 Å². The summed E-state index contributed by atoms with van der Waals surface area (Å²) in [7, 11) is 0. The number of benzene rings is 2. The first-order chi connectivity index (χ1) is 11.8. The summed E-state index contributed by atoms with van der Waals surface area (Å²) in [4.78, 5) is 24.1. The van der Waals surface area contributed by atoms with Gasteiger partial charge in [0.1, 0.15) is 6.61 Å². The topological polar surface area (TPSA) is 95.4 Å². The van der Waals surface area contributed by atoms with E-state index in [9.17, 15) is 9.59 Å². The van der Waals surface area contributed by atoms with Crippen molar-refractivity contribution in [1.82, 2.24) is 0 Å². The molecule has 0 heterocycles. The highest BCUT2D eigenvalue weighted by molar-refractivity contribution is 6.06. The number of hydrogen-bond donors (Lipinski definition) is 2. The van der Waals surface area contributed by atoms with Crippen LogP contribution >= 0.6 is 0 Å². The Hall–Kier alpha value is -2.66. The van der Waals surface area contributed by atoms with E-state index in [2.05, 4.69) is 0 Å². The third-order valence-corrected chi connectivity index (χ3v) is 4.00. The number of esters is 1. The van der Waals surface area contributed by atoms with Gasteiger partial charge >= 0.3 is 5.97 Å². The minimum absolute atomic E-state index is 0.0220. The number of carbonyl (C=O) groups is 2. The van der Waals surface area contributed by atoms with Crippen LogP contribution in [-0.2, 0) is 20.9 Å². The van der Waals surface area contributed by atoms with Crippen molar-refractivity contribution in [2.75, 3.05) is 0 Å². The maximum atomic E-state index is 12.4. The fourth-order valence-corrected chi connectivity index (χ4v) is 2.75. The van der Waals surface area contributed by atoms with Gasteiger partial charge in [0.15, 0.2) is 5.54 Å². The van der Waals surface area contributed by atoms with Gasteiger partial charge in [-0.3, -0.25) is 4.79 Å². The molecule has 1 amide bonds. The highest BCUT2D eigenvalue weighted by atomic mass is 16.5. The van der Waals surface area contributed by atoms with Gasteiger partial charge in [-0.15, -0.1) is 0 Å². The lowest BCUT2D eigenvalue weighted by Crippen LogP contribution is -2.59. The first kappa shape index (κ1) is 18.7. The molecule has 1 atom stereocenters. The first-order valence-corrected chi connectivity index (χ1v) is 8.24. The number of primary amides is 1. The number of hydrogen-bond acceptors (Lipinski definition) is 4. The van der Waals surface area contributed by atoms with Crippen LogP contribution < -0.4 is 11.5 Å². The van der Waals surface area contributed by atoms with Crippen molar-refractivity contribution in [2.24, 2.45) is 17.4 Å². The monoisotopic (exact) mass is 340 g/mol. The molecular formula is C20H24N2O3. The lowest BCUT2D eigenvalue weighted by atomic mass is 9.89. The fourth-order valence-electron chi connectivity index (χ4n) is 2.75. The molecule has 2 aromatic carbocycles. The van der Waals surface area contributed by atoms with Crippen molar-refractivity contribution in [3.63, 3.8) is 0 Å². The van der Waals surface area contributed by atoms with Gasteiger partial charge in [0.25, 0.3) is 0 Å². The minimum Gasteiger partial charge on any atom is -0.459 e. The summed E-state index contributed by atoms with van der Waals surface area (Å²) < 4.78 is 5.35. The Morgan fingerprint density at radius 2 is 1.64 bits per heavy atom. The first-order valence-electron chi connectivity index (χ1n) is 8.24. The number of amides is 1. The summed E-state index contributed by atoms with van der Waals surface area (Å²) in [6.07, 6.45) is 0.140. The lowest BCUT2D eigenvalue weighted by molar-refractivity contribution is -0.155. The molecule has 1 unspecified atom stereocenters. The maximum absolute atomic E-state index is 12.4. The molecular weight excluding hydrogens is 316 g/mol. The summed E-state index contributed by atoms with van der Waals surface area (Å²) in [5, 5.41) is 0. The number of ether oxygens (including phenoxy) is 1. The van der Waals surface area contributed by atoms with Crippen molar-refractivity contribution < 1.29 is 14.3 Å². The van der Waals surface area contributed by atoms with Crippen LogP contribution in [0.2, 0.25) is 0 Å². The Bertz CT molecular complexity index is 744. The minimum atomic E-state index is -1.81. The Balaban J connectivity index is 2.19. The van der Waals surface area contributed by atoms with Gasteiger partial charge in [-0.1, -0.05) is 68.4 Å². The molecule has 5 heteroatoms. The summed E-state index contributed by atoms with van der Waals surface area (Å²) in [5.41, 5.74) is 12.3. The normalized spacial score (nSPS) is 13.3. The molecule has 0 aliphatic heterocycles. The molecule has 25 heavy (non-hydrogen) atoms. The van der Waals surface area contributed by atoms with E-state index in [0.717, 1.165) is 16.7 Å². The van der Waals surface area contributed by atoms with Crippen LogP contribution in [0.3, 0.4) is 0 Å². The molecule has 5 nitrogen and oxygen atoms in total. The molecule has 0 aromatic heterocycles. The van der Waals surface area contributed by atoms with Gasteiger partial charge in [-0.2, -0.15) is 0 Å². The second-order valence-electron chi connectivity index (χ2n) is 6.53. The van der Waals surface area contributed by atoms with Crippen LogP contribution in [0.15, 0.2) is 54.6 Å². The van der Waals surface area contributed by atoms with Gasteiger partial charge in [-0.25, -0.2) is 4.79 Å². The molecule has 132 valence electrons. The summed E-state index contributed by atoms with van der Waals surface area (Å²) in [6.45, 7) is 3.75. The quantitative estimate of drug-likeness (QED) is 0.598. The van der Waals surface area contributed by atoms with Crippen LogP contribution in [0, 0.1) is 5.92 Å². The maximum Gasteiger partial charge on any atom is 0.336 e. The van der Waals surface area contributed by atoms with Crippen LogP contribution in [0.5, 0.6) is 0 Å². The average Bonchev–Trinajstić information content (AvgIpc) is 2.59. The zero-order valence-electron chi connectivity index (χ0n) is 14.6. The number of rotatable bonds is 7. The zero-order valence-corrected chi connectivity index (χ0v) is 14.6. The summed E-state index contributed by atoms with van der Waals surface area (Å²) >= 11 is 0. The molecule has 0 aliphatic rings. The van der Waals surface area contributed by atoms with Gasteiger partial charge < -0.3 is 16.2 Å². The van der Waals surface area contributed by atoms with E-state index in [0.29, 0.717) is 0 Å². The number of nitrogens with two attached hydrogens (primary N) is 2. The van der Waals surface area contributed by atoms with Gasteiger partial charge in [0.05, 0.1) is 0 Å². The average molecular weight is 340 g/mol. The Morgan fingerprint density at radius 1 is 1.04 bits per heavy atom. The van der Waals surface area contributed by atoms with Crippen molar-refractivity contribution >= 4 is 11.9 Å². The highest BCUT2D eigenvalue weighted by Gasteiger charge is 2.42. The predicted molar refractivity (Wildman–Crippen MR) is 97.2 cm³/mol. The summed E-state index contributed by atoms with van der Waals surface area (Å²) in [6, 6.07) is 17.4. The molecule has 0 spiro atoms. The molecule has 0 fully saturated rings. The van der Waals surface area contributed by atoms with E-state index in [1.165, 1.54) is 0 Å². The van der Waals surface area contributed by atoms with Crippen LogP contribution in [0.1, 0.15) is 25.8 Å². The molecule has 0 radical (unpaired) electrons. The SMILES string of the molecule is CC(C)CC(N)(C(N)=O)C(=O)OCc1ccccc1-c1ccccc1. The lowest BCUT2D eigenvalue weighted by Gasteiger charge is -2.25. The third-order valence-electron chi connectivity index (χ3n) is 4.00.